The standard InChI is InChI=1S/C12H13F2NO4.2C8H5F2NO4.C8H7F2NO2.C6H3F2NO2/c1-12(2,3)19-10(16)6-7-4-8(13)11(15(17)18)9(14)5-7;2*9-5-1-4(3-7(12)13)2-6(10)8(5)11(14)15;9-5-1-4(3-7(12)13)2-6(10)8(5)11;7-4-2-1-3-5(8)6(4)9(10)11/h4-5H,6H2,1-3H3;2*1-2H,3H2,(H,12,13);1-2H,3,11H2,(H,12,13);1-3H. The summed E-state index contributed by atoms with van der Waals surface area (Å²) in [5.74, 6) is -16.7. The first-order valence-corrected chi connectivity index (χ1v) is 19.1. The zero-order valence-corrected chi connectivity index (χ0v) is 37.0. The highest BCUT2D eigenvalue weighted by Crippen LogP contribution is 2.26. The SMILES string of the molecule is CC(C)(C)OC(=O)Cc1cc(F)c([N+](=O)[O-])c(F)c1.Nc1c(F)cc(CC(=O)O)cc1F.O=C(O)Cc1cc(F)c([N+](=O)[O-])c(F)c1.O=C(O)Cc1cc(F)c([N+](=O)[O-])c(F)c1.O=[N+]([O-])c1c(F)cccc1F. The van der Waals surface area contributed by atoms with Gasteiger partial charge in [0.25, 0.3) is 0 Å². The number of rotatable bonds is 12. The Morgan fingerprint density at radius 1 is 0.452 bits per heavy atom. The summed E-state index contributed by atoms with van der Waals surface area (Å²) in [6, 6.07) is 8.60. The van der Waals surface area contributed by atoms with Gasteiger partial charge in [-0.2, -0.15) is 35.1 Å². The number of nitro groups is 4. The van der Waals surface area contributed by atoms with Crippen molar-refractivity contribution in [1.82, 2.24) is 0 Å². The monoisotopic (exact) mass is 1050 g/mol. The van der Waals surface area contributed by atoms with Gasteiger partial charge in [-0.05, 0) is 104 Å². The number of para-hydroxylation sites is 1. The molecule has 0 amide bonds. The van der Waals surface area contributed by atoms with Crippen LogP contribution in [0, 0.1) is 98.6 Å². The lowest BCUT2D eigenvalue weighted by molar-refractivity contribution is -0.390. The van der Waals surface area contributed by atoms with Gasteiger partial charge in [-0.3, -0.25) is 59.6 Å². The van der Waals surface area contributed by atoms with Crippen LogP contribution in [0.3, 0.4) is 0 Å². The molecule has 21 nitrogen and oxygen atoms in total. The largest absolute Gasteiger partial charge is 0.481 e. The van der Waals surface area contributed by atoms with Gasteiger partial charge in [0.2, 0.25) is 46.5 Å². The average Bonchev–Trinajstić information content (AvgIpc) is 3.18. The molecule has 0 aliphatic carbocycles. The highest BCUT2D eigenvalue weighted by Gasteiger charge is 2.26. The molecule has 5 rings (SSSR count). The second-order valence-electron chi connectivity index (χ2n) is 14.8. The molecule has 0 aliphatic rings. The number of halogens is 10. The highest BCUT2D eigenvalue weighted by atomic mass is 19.2. The van der Waals surface area contributed by atoms with Crippen molar-refractivity contribution in [2.75, 3.05) is 5.73 Å². The van der Waals surface area contributed by atoms with E-state index in [1.54, 1.807) is 20.8 Å². The molecule has 31 heteroatoms. The summed E-state index contributed by atoms with van der Waals surface area (Å²) in [6.45, 7) is 4.96. The summed E-state index contributed by atoms with van der Waals surface area (Å²) < 4.78 is 134. The minimum atomic E-state index is -1.38. The molecule has 0 radical (unpaired) electrons. The normalized spacial score (nSPS) is 10.3. The Bertz CT molecular complexity index is 2750. The number of benzene rings is 5. The van der Waals surface area contributed by atoms with Crippen molar-refractivity contribution in [3.05, 3.63) is 188 Å². The third kappa shape index (κ3) is 20.7. The minimum absolute atomic E-state index is 0.0187. The van der Waals surface area contributed by atoms with Crippen molar-refractivity contribution in [1.29, 1.82) is 0 Å². The van der Waals surface area contributed by atoms with Crippen LogP contribution in [0.25, 0.3) is 0 Å². The number of carboxylic acids is 3. The molecule has 0 bridgehead atoms. The van der Waals surface area contributed by atoms with E-state index in [9.17, 15) is 104 Å². The molecule has 5 aromatic carbocycles. The molecule has 5 N–H and O–H groups in total. The fourth-order valence-electron chi connectivity index (χ4n) is 5.15. The molecule has 0 fully saturated rings. The Balaban J connectivity index is 0.000000461. The smallest absolute Gasteiger partial charge is 0.340 e. The van der Waals surface area contributed by atoms with E-state index in [1.165, 1.54) is 0 Å². The summed E-state index contributed by atoms with van der Waals surface area (Å²) in [4.78, 5) is 78.2. The number of hydrogen-bond acceptors (Lipinski definition) is 14. The van der Waals surface area contributed by atoms with Crippen molar-refractivity contribution >= 4 is 52.3 Å². The summed E-state index contributed by atoms with van der Waals surface area (Å²) in [7, 11) is 0. The molecule has 0 aromatic heterocycles. The fraction of sp³-hybridized carbons (Fsp3) is 0.190. The van der Waals surface area contributed by atoms with Gasteiger partial charge in [0.15, 0.2) is 0 Å². The first-order valence-electron chi connectivity index (χ1n) is 19.1. The number of nitrogens with zero attached hydrogens (tertiary/aromatic N) is 4. The molecule has 0 saturated heterocycles. The molecule has 73 heavy (non-hydrogen) atoms. The number of nitrogen functional groups attached to an aromatic ring is 1. The maximum atomic E-state index is 13.3. The summed E-state index contributed by atoms with van der Waals surface area (Å²) in [5.41, 5.74) is -1.49. The maximum absolute atomic E-state index is 13.3. The van der Waals surface area contributed by atoms with E-state index in [0.29, 0.717) is 24.3 Å². The number of carbonyl (C=O) groups excluding carboxylic acids is 1. The lowest BCUT2D eigenvalue weighted by Gasteiger charge is -2.19. The quantitative estimate of drug-likeness (QED) is 0.0298. The second-order valence-corrected chi connectivity index (χ2v) is 14.8. The van der Waals surface area contributed by atoms with Gasteiger partial charge in [-0.1, -0.05) is 6.07 Å². The molecule has 0 heterocycles. The number of hydrogen-bond donors (Lipinski definition) is 4. The van der Waals surface area contributed by atoms with E-state index in [-0.39, 0.29) is 28.7 Å². The number of carbonyl (C=O) groups is 4. The molecule has 0 spiro atoms. The van der Waals surface area contributed by atoms with Crippen LogP contribution in [-0.2, 0) is 49.6 Å². The Morgan fingerprint density at radius 2 is 0.671 bits per heavy atom. The van der Waals surface area contributed by atoms with Gasteiger partial charge in [0.1, 0.15) is 22.9 Å². The maximum Gasteiger partial charge on any atom is 0.340 e. The second kappa shape index (κ2) is 27.2. The van der Waals surface area contributed by atoms with Crippen LogP contribution in [0.15, 0.2) is 66.7 Å². The summed E-state index contributed by atoms with van der Waals surface area (Å²) >= 11 is 0. The first-order chi connectivity index (χ1) is 33.6. The van der Waals surface area contributed by atoms with Gasteiger partial charge in [0, 0.05) is 0 Å². The van der Waals surface area contributed by atoms with Crippen LogP contribution in [0.5, 0.6) is 0 Å². The average molecular weight is 1050 g/mol. The zero-order chi connectivity index (χ0) is 56.4. The van der Waals surface area contributed by atoms with Crippen molar-refractivity contribution in [2.45, 2.75) is 52.1 Å². The molecular formula is C42H33F10N5O16. The minimum Gasteiger partial charge on any atom is -0.481 e. The van der Waals surface area contributed by atoms with Crippen LogP contribution in [0.2, 0.25) is 0 Å². The summed E-state index contributed by atoms with van der Waals surface area (Å²) in [6.07, 6.45) is -1.96. The molecule has 392 valence electrons. The van der Waals surface area contributed by atoms with Crippen molar-refractivity contribution in [3.63, 3.8) is 0 Å². The lowest BCUT2D eigenvalue weighted by atomic mass is 10.1. The van der Waals surface area contributed by atoms with Crippen molar-refractivity contribution in [3.8, 4) is 0 Å². The van der Waals surface area contributed by atoms with Gasteiger partial charge >= 0.3 is 46.6 Å². The highest BCUT2D eigenvalue weighted by molar-refractivity contribution is 5.73. The molecule has 0 unspecified atom stereocenters. The number of anilines is 1. The number of ether oxygens (including phenoxy) is 1. The molecule has 0 saturated carbocycles. The molecule has 0 atom stereocenters. The van der Waals surface area contributed by atoms with E-state index in [4.69, 9.17) is 25.8 Å². The number of nitro benzene ring substituents is 4. The zero-order valence-electron chi connectivity index (χ0n) is 37.0. The molecular weight excluding hydrogens is 1020 g/mol. The predicted molar refractivity (Wildman–Crippen MR) is 226 cm³/mol. The van der Waals surface area contributed by atoms with E-state index >= 15 is 0 Å². The van der Waals surface area contributed by atoms with Gasteiger partial charge in [0.05, 0.1) is 45.4 Å². The Hall–Kier alpha value is -9.32. The number of nitrogens with two attached hydrogens (primary N) is 1. The first kappa shape index (κ1) is 61.7. The van der Waals surface area contributed by atoms with Crippen LogP contribution < -0.4 is 5.73 Å². The fourth-order valence-corrected chi connectivity index (χ4v) is 5.15. The third-order valence-corrected chi connectivity index (χ3v) is 7.87. The topological polar surface area (TPSA) is 337 Å². The molecule has 5 aromatic rings. The Kier molecular flexibility index (Phi) is 23.0. The van der Waals surface area contributed by atoms with Gasteiger partial charge < -0.3 is 25.8 Å². The Morgan fingerprint density at radius 3 is 0.877 bits per heavy atom. The number of esters is 1. The van der Waals surface area contributed by atoms with Crippen LogP contribution in [0.1, 0.15) is 43.0 Å². The number of carboxylic acid groups (broad SMARTS) is 3. The van der Waals surface area contributed by atoms with E-state index in [1.807, 2.05) is 0 Å². The van der Waals surface area contributed by atoms with Crippen LogP contribution in [0.4, 0.5) is 72.3 Å². The molecule has 0 aliphatic heterocycles. The van der Waals surface area contributed by atoms with Crippen LogP contribution >= 0.6 is 0 Å². The van der Waals surface area contributed by atoms with Gasteiger partial charge in [-0.15, -0.1) is 0 Å². The van der Waals surface area contributed by atoms with E-state index in [0.717, 1.165) is 42.5 Å². The van der Waals surface area contributed by atoms with Gasteiger partial charge in [-0.25, -0.2) is 8.78 Å². The number of aliphatic carboxylic acids is 3. The van der Waals surface area contributed by atoms with Crippen LogP contribution in [-0.4, -0.2) is 64.5 Å². The lowest BCUT2D eigenvalue weighted by Crippen LogP contribution is -2.25. The third-order valence-electron chi connectivity index (χ3n) is 7.87. The summed E-state index contributed by atoms with van der Waals surface area (Å²) in [5, 5.41) is 65.8. The predicted octanol–water partition coefficient (Wildman–Crippen LogP) is 8.80. The van der Waals surface area contributed by atoms with Crippen molar-refractivity contribution in [2.24, 2.45) is 0 Å². The van der Waals surface area contributed by atoms with Crippen molar-refractivity contribution < 1.29 is 103 Å². The van der Waals surface area contributed by atoms with E-state index < -0.39 is 155 Å². The van der Waals surface area contributed by atoms with E-state index in [2.05, 4.69) is 0 Å². The Labute approximate surface area is 400 Å².